The average Bonchev–Trinajstić information content (AvgIpc) is 2.45. The zero-order valence-electron chi connectivity index (χ0n) is 6.97. The maximum atomic E-state index is 9.33. The van der Waals surface area contributed by atoms with Gasteiger partial charge in [-0.3, -0.25) is 0 Å². The van der Waals surface area contributed by atoms with Crippen LogP contribution in [0, 0.1) is 5.41 Å². The molecule has 72 valence electrons. The smallest absolute Gasteiger partial charge is 0.0540 e. The molecular weight excluding hydrogens is 150 g/mol. The van der Waals surface area contributed by atoms with Crippen LogP contribution in [-0.2, 0) is 0 Å². The van der Waals surface area contributed by atoms with E-state index in [0.29, 0.717) is 5.41 Å². The van der Waals surface area contributed by atoms with Crippen LogP contribution in [0.5, 0.6) is 0 Å². The van der Waals surface area contributed by atoms with Crippen LogP contribution in [0.4, 0.5) is 0 Å². The van der Waals surface area contributed by atoms with Gasteiger partial charge in [0.25, 0.3) is 0 Å². The van der Waals surface area contributed by atoms with Gasteiger partial charge in [0, 0.05) is 6.54 Å². The molecule has 0 aromatic carbocycles. The lowest BCUT2D eigenvalue weighted by atomic mass is 9.73. The van der Waals surface area contributed by atoms with Gasteiger partial charge >= 0.3 is 0 Å². The summed E-state index contributed by atoms with van der Waals surface area (Å²) < 4.78 is 0. The lowest BCUT2D eigenvalue weighted by Gasteiger charge is -2.34. The number of rotatable bonds is 0. The van der Waals surface area contributed by atoms with Crippen LogP contribution in [0.15, 0.2) is 0 Å². The standard InChI is InChI=1S/C9H17NO.CH4/c11-8-1-3-9(4-2-8)5-6-10-7-9;/h8,10-11H,1-7H2;1H4. The van der Waals surface area contributed by atoms with Crippen molar-refractivity contribution < 1.29 is 5.11 Å². The monoisotopic (exact) mass is 171 g/mol. The molecule has 0 bridgehead atoms. The highest BCUT2D eigenvalue weighted by molar-refractivity contribution is 4.91. The van der Waals surface area contributed by atoms with Gasteiger partial charge < -0.3 is 10.4 Å². The fourth-order valence-corrected chi connectivity index (χ4v) is 2.44. The number of hydrogen-bond donors (Lipinski definition) is 2. The highest BCUT2D eigenvalue weighted by Crippen LogP contribution is 2.40. The summed E-state index contributed by atoms with van der Waals surface area (Å²) in [5.74, 6) is 0. The maximum absolute atomic E-state index is 9.33. The van der Waals surface area contributed by atoms with E-state index in [-0.39, 0.29) is 13.5 Å². The van der Waals surface area contributed by atoms with Crippen molar-refractivity contribution in [2.45, 2.75) is 45.6 Å². The molecule has 2 heteroatoms. The Morgan fingerprint density at radius 3 is 2.33 bits per heavy atom. The van der Waals surface area contributed by atoms with Gasteiger partial charge in [-0.1, -0.05) is 7.43 Å². The summed E-state index contributed by atoms with van der Waals surface area (Å²) >= 11 is 0. The highest BCUT2D eigenvalue weighted by atomic mass is 16.3. The summed E-state index contributed by atoms with van der Waals surface area (Å²) in [4.78, 5) is 0. The first-order valence-corrected chi connectivity index (χ1v) is 4.70. The molecule has 1 saturated carbocycles. The molecule has 1 spiro atoms. The average molecular weight is 171 g/mol. The van der Waals surface area contributed by atoms with Gasteiger partial charge in [0.1, 0.15) is 0 Å². The third-order valence-electron chi connectivity index (χ3n) is 3.35. The second-order valence-corrected chi connectivity index (χ2v) is 4.16. The Morgan fingerprint density at radius 1 is 1.17 bits per heavy atom. The SMILES string of the molecule is C.OC1CCC2(CCNC2)CC1. The molecule has 2 rings (SSSR count). The third-order valence-corrected chi connectivity index (χ3v) is 3.35. The lowest BCUT2D eigenvalue weighted by Crippen LogP contribution is -2.31. The molecule has 2 nitrogen and oxygen atoms in total. The first-order chi connectivity index (χ1) is 5.31. The molecule has 0 unspecified atom stereocenters. The lowest BCUT2D eigenvalue weighted by molar-refractivity contribution is 0.0721. The van der Waals surface area contributed by atoms with Crippen molar-refractivity contribution in [3.8, 4) is 0 Å². The predicted octanol–water partition coefficient (Wildman–Crippen LogP) is 1.54. The first kappa shape index (κ1) is 10.0. The highest BCUT2D eigenvalue weighted by Gasteiger charge is 2.36. The quantitative estimate of drug-likeness (QED) is 0.579. The van der Waals surface area contributed by atoms with E-state index in [1.54, 1.807) is 0 Å². The molecule has 2 fully saturated rings. The molecular formula is C10H21NO. The normalized spacial score (nSPS) is 41.2. The second-order valence-electron chi connectivity index (χ2n) is 4.16. The van der Waals surface area contributed by atoms with Crippen molar-refractivity contribution in [3.05, 3.63) is 0 Å². The molecule has 0 radical (unpaired) electrons. The second kappa shape index (κ2) is 3.75. The minimum Gasteiger partial charge on any atom is -0.393 e. The maximum Gasteiger partial charge on any atom is 0.0540 e. The summed E-state index contributed by atoms with van der Waals surface area (Å²) in [6.07, 6.45) is 5.87. The largest absolute Gasteiger partial charge is 0.393 e. The van der Waals surface area contributed by atoms with E-state index in [9.17, 15) is 5.11 Å². The van der Waals surface area contributed by atoms with E-state index >= 15 is 0 Å². The van der Waals surface area contributed by atoms with Crippen molar-refractivity contribution in [3.63, 3.8) is 0 Å². The van der Waals surface area contributed by atoms with Gasteiger partial charge in [0.2, 0.25) is 0 Å². The van der Waals surface area contributed by atoms with Gasteiger partial charge in [-0.2, -0.15) is 0 Å². The minimum atomic E-state index is 0. The Kier molecular flexibility index (Phi) is 3.13. The van der Waals surface area contributed by atoms with E-state index in [1.165, 1.54) is 32.4 Å². The fourth-order valence-electron chi connectivity index (χ4n) is 2.44. The molecule has 1 saturated heterocycles. The van der Waals surface area contributed by atoms with Crippen molar-refractivity contribution in [1.29, 1.82) is 0 Å². The van der Waals surface area contributed by atoms with Gasteiger partial charge in [0.15, 0.2) is 0 Å². The molecule has 0 amide bonds. The summed E-state index contributed by atoms with van der Waals surface area (Å²) in [6.45, 7) is 2.38. The Labute approximate surface area is 75.4 Å². The Hall–Kier alpha value is -0.0800. The van der Waals surface area contributed by atoms with Crippen LogP contribution in [0.25, 0.3) is 0 Å². The van der Waals surface area contributed by atoms with E-state index in [4.69, 9.17) is 0 Å². The van der Waals surface area contributed by atoms with Crippen LogP contribution < -0.4 is 5.32 Å². The molecule has 0 aromatic heterocycles. The molecule has 2 aliphatic rings. The van der Waals surface area contributed by atoms with Crippen LogP contribution in [-0.4, -0.2) is 24.3 Å². The van der Waals surface area contributed by atoms with E-state index in [1.807, 2.05) is 0 Å². The number of hydrogen-bond acceptors (Lipinski definition) is 2. The van der Waals surface area contributed by atoms with Crippen molar-refractivity contribution in [1.82, 2.24) is 5.32 Å². The van der Waals surface area contributed by atoms with Gasteiger partial charge in [-0.05, 0) is 44.1 Å². The molecule has 0 aromatic rings. The molecule has 1 aliphatic carbocycles. The number of aliphatic hydroxyl groups is 1. The van der Waals surface area contributed by atoms with E-state index < -0.39 is 0 Å². The molecule has 0 atom stereocenters. The zero-order chi connectivity index (χ0) is 7.73. The van der Waals surface area contributed by atoms with Crippen molar-refractivity contribution in [2.75, 3.05) is 13.1 Å². The van der Waals surface area contributed by atoms with Crippen molar-refractivity contribution >= 4 is 0 Å². The van der Waals surface area contributed by atoms with Crippen LogP contribution in [0.1, 0.15) is 39.5 Å². The van der Waals surface area contributed by atoms with Gasteiger partial charge in [0.05, 0.1) is 6.10 Å². The summed E-state index contributed by atoms with van der Waals surface area (Å²) in [5.41, 5.74) is 0.583. The fraction of sp³-hybridized carbons (Fsp3) is 1.00. The van der Waals surface area contributed by atoms with Crippen LogP contribution >= 0.6 is 0 Å². The summed E-state index contributed by atoms with van der Waals surface area (Å²) in [7, 11) is 0. The topological polar surface area (TPSA) is 32.3 Å². The van der Waals surface area contributed by atoms with Crippen LogP contribution in [0.3, 0.4) is 0 Å². The Morgan fingerprint density at radius 2 is 1.83 bits per heavy atom. The zero-order valence-corrected chi connectivity index (χ0v) is 6.97. The van der Waals surface area contributed by atoms with Crippen molar-refractivity contribution in [2.24, 2.45) is 5.41 Å². The Balaban J connectivity index is 0.000000720. The third kappa shape index (κ3) is 1.80. The van der Waals surface area contributed by atoms with Gasteiger partial charge in [-0.25, -0.2) is 0 Å². The summed E-state index contributed by atoms with van der Waals surface area (Å²) in [6, 6.07) is 0. The molecule has 1 aliphatic heterocycles. The van der Waals surface area contributed by atoms with Gasteiger partial charge in [-0.15, -0.1) is 0 Å². The minimum absolute atomic E-state index is 0. The Bertz CT molecular complexity index is 131. The molecule has 2 N–H and O–H groups in total. The van der Waals surface area contributed by atoms with E-state index in [0.717, 1.165) is 12.8 Å². The first-order valence-electron chi connectivity index (χ1n) is 4.70. The van der Waals surface area contributed by atoms with E-state index in [2.05, 4.69) is 5.32 Å². The van der Waals surface area contributed by atoms with Crippen LogP contribution in [0.2, 0.25) is 0 Å². The summed E-state index contributed by atoms with van der Waals surface area (Å²) in [5, 5.41) is 12.7. The number of nitrogens with one attached hydrogen (secondary N) is 1. The number of aliphatic hydroxyl groups excluding tert-OH is 1. The molecule has 1 heterocycles. The molecule has 12 heavy (non-hydrogen) atoms. The predicted molar refractivity (Wildman–Crippen MR) is 51.1 cm³/mol.